The van der Waals surface area contributed by atoms with Crippen LogP contribution in [-0.2, 0) is 23.7 Å². The molecule has 0 bridgehead atoms. The Labute approximate surface area is 198 Å². The van der Waals surface area contributed by atoms with Gasteiger partial charge in [-0.2, -0.15) is 0 Å². The molecule has 174 valence electrons. The van der Waals surface area contributed by atoms with Crippen LogP contribution in [0.2, 0.25) is 0 Å². The second-order valence-corrected chi connectivity index (χ2v) is 8.47. The van der Waals surface area contributed by atoms with Crippen molar-refractivity contribution in [3.63, 3.8) is 0 Å². The van der Waals surface area contributed by atoms with Crippen molar-refractivity contribution in [1.82, 2.24) is 14.9 Å². The van der Waals surface area contributed by atoms with Crippen LogP contribution in [-0.4, -0.2) is 14.9 Å². The zero-order chi connectivity index (χ0) is 23.5. The van der Waals surface area contributed by atoms with Crippen molar-refractivity contribution in [3.8, 4) is 11.5 Å². The first kappa shape index (κ1) is 22.2. The molecule has 0 aliphatic carbocycles. The van der Waals surface area contributed by atoms with Crippen LogP contribution in [0.1, 0.15) is 28.8 Å². The van der Waals surface area contributed by atoms with Gasteiger partial charge in [0.1, 0.15) is 29.7 Å². The highest BCUT2D eigenvalue weighted by Gasteiger charge is 2.25. The van der Waals surface area contributed by atoms with E-state index in [4.69, 9.17) is 20.1 Å². The van der Waals surface area contributed by atoms with E-state index in [9.17, 15) is 8.78 Å². The number of thioether (sulfide) groups is 1. The summed E-state index contributed by atoms with van der Waals surface area (Å²) in [6, 6.07) is 18.1. The van der Waals surface area contributed by atoms with E-state index < -0.39 is 6.29 Å². The van der Waals surface area contributed by atoms with Gasteiger partial charge < -0.3 is 20.1 Å². The van der Waals surface area contributed by atoms with Gasteiger partial charge in [0.25, 0.3) is 0 Å². The van der Waals surface area contributed by atoms with Crippen LogP contribution in [0.5, 0.6) is 11.5 Å². The molecule has 1 aliphatic rings. The number of nitrogen functional groups attached to an aromatic ring is 1. The van der Waals surface area contributed by atoms with Crippen LogP contribution in [0.15, 0.2) is 71.9 Å². The second-order valence-electron chi connectivity index (χ2n) is 7.52. The summed E-state index contributed by atoms with van der Waals surface area (Å²) in [6.45, 7) is 0.298. The van der Waals surface area contributed by atoms with E-state index in [-0.39, 0.29) is 24.8 Å². The fourth-order valence-corrected chi connectivity index (χ4v) is 4.33. The average molecular weight is 483 g/mol. The Morgan fingerprint density at radius 1 is 1.03 bits per heavy atom. The summed E-state index contributed by atoms with van der Waals surface area (Å²) in [5.74, 6) is 7.23. The quantitative estimate of drug-likeness (QED) is 0.301. The van der Waals surface area contributed by atoms with Crippen molar-refractivity contribution in [1.29, 1.82) is 0 Å². The number of rotatable bonds is 7. The van der Waals surface area contributed by atoms with Gasteiger partial charge in [-0.25, -0.2) is 13.5 Å². The monoisotopic (exact) mass is 482 g/mol. The molecule has 2 N–H and O–H groups in total. The predicted molar refractivity (Wildman–Crippen MR) is 121 cm³/mol. The second kappa shape index (κ2) is 9.70. The Bertz CT molecular complexity index is 1290. The molecule has 0 saturated heterocycles. The molecular weight excluding hydrogens is 462 g/mol. The summed E-state index contributed by atoms with van der Waals surface area (Å²) in [5.41, 5.74) is 2.19. The number of hydrogen-bond acceptors (Lipinski definition) is 7. The molecule has 10 heteroatoms. The maximum atomic E-state index is 14.3. The minimum Gasteiger partial charge on any atom is -0.486 e. The van der Waals surface area contributed by atoms with Crippen molar-refractivity contribution in [2.24, 2.45) is 0 Å². The van der Waals surface area contributed by atoms with Crippen molar-refractivity contribution < 1.29 is 23.0 Å². The zero-order valence-corrected chi connectivity index (χ0v) is 18.7. The third-order valence-electron chi connectivity index (χ3n) is 5.17. The maximum Gasteiger partial charge on any atom is 0.227 e. The lowest BCUT2D eigenvalue weighted by molar-refractivity contribution is -0.112. The van der Waals surface area contributed by atoms with Gasteiger partial charge >= 0.3 is 0 Å². The average Bonchev–Trinajstić information content (AvgIpc) is 3.21. The predicted octanol–water partition coefficient (Wildman–Crippen LogP) is 4.75. The molecule has 7 nitrogen and oxygen atoms in total. The first-order valence-electron chi connectivity index (χ1n) is 10.4. The first-order chi connectivity index (χ1) is 16.6. The number of nitrogens with zero attached hydrogens (tertiary/aromatic N) is 3. The first-order valence-corrected chi connectivity index (χ1v) is 11.4. The van der Waals surface area contributed by atoms with Crippen LogP contribution in [0, 0.1) is 11.6 Å². The Morgan fingerprint density at radius 2 is 1.82 bits per heavy atom. The molecule has 0 amide bonds. The molecule has 1 atom stereocenters. The molecule has 34 heavy (non-hydrogen) atoms. The van der Waals surface area contributed by atoms with Gasteiger partial charge in [0.2, 0.25) is 11.4 Å². The van der Waals surface area contributed by atoms with Crippen molar-refractivity contribution in [3.05, 3.63) is 101 Å². The van der Waals surface area contributed by atoms with Crippen LogP contribution in [0.3, 0.4) is 0 Å². The molecule has 1 aromatic heterocycles. The Balaban J connectivity index is 1.28. The van der Waals surface area contributed by atoms with Gasteiger partial charge in [0.05, 0.1) is 6.61 Å². The topological polar surface area (TPSA) is 84.4 Å². The summed E-state index contributed by atoms with van der Waals surface area (Å²) in [6.07, 6.45) is -0.573. The van der Waals surface area contributed by atoms with E-state index in [1.54, 1.807) is 0 Å². The van der Waals surface area contributed by atoms with E-state index in [1.807, 2.05) is 30.3 Å². The smallest absolute Gasteiger partial charge is 0.227 e. The van der Waals surface area contributed by atoms with Crippen molar-refractivity contribution in [2.75, 3.05) is 5.84 Å². The number of benzene rings is 3. The lowest BCUT2D eigenvalue weighted by Crippen LogP contribution is -2.19. The number of fused-ring (bicyclic) bond motifs is 1. The van der Waals surface area contributed by atoms with E-state index in [0.29, 0.717) is 39.4 Å². The largest absolute Gasteiger partial charge is 0.486 e. The number of nitrogens with two attached hydrogens (primary N) is 1. The molecular formula is C24H20F2N4O3S. The van der Waals surface area contributed by atoms with E-state index in [0.717, 1.165) is 5.56 Å². The molecule has 1 unspecified atom stereocenters. The molecule has 0 radical (unpaired) electrons. The van der Waals surface area contributed by atoms with Gasteiger partial charge in [-0.05, 0) is 36.4 Å². The molecule has 0 spiro atoms. The van der Waals surface area contributed by atoms with E-state index in [1.165, 1.54) is 52.8 Å². The van der Waals surface area contributed by atoms with E-state index in [2.05, 4.69) is 10.2 Å². The van der Waals surface area contributed by atoms with Crippen LogP contribution >= 0.6 is 11.8 Å². The van der Waals surface area contributed by atoms with Gasteiger partial charge in [0.15, 0.2) is 5.82 Å². The summed E-state index contributed by atoms with van der Waals surface area (Å²) in [4.78, 5) is 0. The standard InChI is InChI=1S/C24H20F2N4O3S/c25-18-6-8-20(9-7-18)31-13-21-28-29-24(30(21)27)34-14-17-11-19(26)10-16-12-32-23(33-22(16)17)15-4-2-1-3-5-15/h1-11,23H,12-14,27H2. The Kier molecular flexibility index (Phi) is 6.33. The number of halogens is 2. The van der Waals surface area contributed by atoms with Gasteiger partial charge in [-0.15, -0.1) is 10.2 Å². The minimum absolute atomic E-state index is 0.0598. The highest BCUT2D eigenvalue weighted by Crippen LogP contribution is 2.38. The minimum atomic E-state index is -0.573. The Hall–Kier alpha value is -3.63. The maximum absolute atomic E-state index is 14.3. The summed E-state index contributed by atoms with van der Waals surface area (Å²) in [7, 11) is 0. The third kappa shape index (κ3) is 4.82. The fraction of sp³-hybridized carbons (Fsp3) is 0.167. The highest BCUT2D eigenvalue weighted by molar-refractivity contribution is 7.98. The Morgan fingerprint density at radius 3 is 2.62 bits per heavy atom. The zero-order valence-electron chi connectivity index (χ0n) is 17.9. The summed E-state index contributed by atoms with van der Waals surface area (Å²) in [5, 5.41) is 8.60. The normalized spacial score (nSPS) is 14.9. The number of aromatic nitrogens is 3. The molecule has 5 rings (SSSR count). The van der Waals surface area contributed by atoms with Gasteiger partial charge in [0, 0.05) is 22.4 Å². The summed E-state index contributed by atoms with van der Waals surface area (Å²) < 4.78 is 46.1. The van der Waals surface area contributed by atoms with Gasteiger partial charge in [-0.3, -0.25) is 0 Å². The van der Waals surface area contributed by atoms with Crippen LogP contribution in [0.25, 0.3) is 0 Å². The molecule has 0 saturated carbocycles. The van der Waals surface area contributed by atoms with Crippen LogP contribution < -0.4 is 15.3 Å². The number of hydrogen-bond donors (Lipinski definition) is 1. The SMILES string of the molecule is Nn1c(COc2ccc(F)cc2)nnc1SCc1cc(F)cc2c1OC(c1ccccc1)OC2. The molecule has 2 heterocycles. The van der Waals surface area contributed by atoms with Crippen molar-refractivity contribution >= 4 is 11.8 Å². The highest BCUT2D eigenvalue weighted by atomic mass is 32.2. The van der Waals surface area contributed by atoms with Gasteiger partial charge in [-0.1, -0.05) is 42.1 Å². The molecule has 3 aromatic carbocycles. The van der Waals surface area contributed by atoms with Crippen molar-refractivity contribution in [2.45, 2.75) is 30.4 Å². The molecule has 1 aliphatic heterocycles. The van der Waals surface area contributed by atoms with Crippen LogP contribution in [0.4, 0.5) is 8.78 Å². The third-order valence-corrected chi connectivity index (χ3v) is 6.16. The molecule has 0 fully saturated rings. The van der Waals surface area contributed by atoms with E-state index >= 15 is 0 Å². The number of ether oxygens (including phenoxy) is 3. The lowest BCUT2D eigenvalue weighted by atomic mass is 10.1. The lowest BCUT2D eigenvalue weighted by Gasteiger charge is -2.28. The summed E-state index contributed by atoms with van der Waals surface area (Å²) >= 11 is 1.29. The fourth-order valence-electron chi connectivity index (χ4n) is 3.48. The molecule has 4 aromatic rings.